The first-order chi connectivity index (χ1) is 25.5. The van der Waals surface area contributed by atoms with Gasteiger partial charge in [-0.3, -0.25) is 6.08 Å². The number of halogens is 2. The van der Waals surface area contributed by atoms with Crippen molar-refractivity contribution in [1.29, 1.82) is 0 Å². The molecule has 0 aromatic heterocycles. The van der Waals surface area contributed by atoms with Gasteiger partial charge in [0.15, 0.2) is 0 Å². The van der Waals surface area contributed by atoms with Crippen LogP contribution in [0.15, 0.2) is 170 Å². The van der Waals surface area contributed by atoms with Crippen molar-refractivity contribution in [2.75, 3.05) is 0 Å². The van der Waals surface area contributed by atoms with Crippen LogP contribution in [0, 0.1) is 6.08 Å². The molecule has 0 N–H and O–H groups in total. The first kappa shape index (κ1) is 43.6. The zero-order valence-corrected chi connectivity index (χ0v) is 37.9. The van der Waals surface area contributed by atoms with Gasteiger partial charge in [0.2, 0.25) is 0 Å². The van der Waals surface area contributed by atoms with E-state index in [1.165, 1.54) is 66.1 Å². The summed E-state index contributed by atoms with van der Waals surface area (Å²) in [6, 6.07) is 55.1. The number of allylic oxidation sites excluding steroid dienone is 4. The number of hydrogen-bond donors (Lipinski definition) is 0. The van der Waals surface area contributed by atoms with Crippen LogP contribution in [-0.4, -0.2) is 7.52 Å². The van der Waals surface area contributed by atoms with Crippen molar-refractivity contribution in [3.63, 3.8) is 0 Å². The predicted octanol–water partition coefficient (Wildman–Crippen LogP) is 7.72. The van der Waals surface area contributed by atoms with Crippen molar-refractivity contribution in [3.8, 4) is 22.3 Å². The molecule has 0 saturated carbocycles. The molecule has 280 valence electrons. The molecule has 7 aromatic carbocycles. The molecule has 1 aliphatic carbocycles. The van der Waals surface area contributed by atoms with Crippen molar-refractivity contribution in [3.05, 3.63) is 198 Å². The van der Waals surface area contributed by atoms with Gasteiger partial charge >= 0.3 is 172 Å². The summed E-state index contributed by atoms with van der Waals surface area (Å²) in [6.07, 6.45) is 10.0. The predicted molar refractivity (Wildman–Crippen MR) is 230 cm³/mol. The Bertz CT molecular complexity index is 2210. The topological polar surface area (TPSA) is 0 Å². The van der Waals surface area contributed by atoms with Crippen LogP contribution in [0.25, 0.3) is 43.8 Å². The van der Waals surface area contributed by atoms with Gasteiger partial charge in [-0.05, 0) is 10.8 Å². The van der Waals surface area contributed by atoms with Gasteiger partial charge < -0.3 is 24.8 Å². The molecule has 3 heteroatoms. The van der Waals surface area contributed by atoms with Crippen LogP contribution in [0.4, 0.5) is 0 Å². The number of fused-ring (bicyclic) bond motifs is 3. The maximum absolute atomic E-state index is 2.99. The van der Waals surface area contributed by atoms with E-state index in [2.05, 4.69) is 213 Å². The van der Waals surface area contributed by atoms with Gasteiger partial charge in [-0.25, -0.2) is 12.2 Å². The Morgan fingerprint density at radius 3 is 1.24 bits per heavy atom. The van der Waals surface area contributed by atoms with Crippen molar-refractivity contribution in [2.24, 2.45) is 0 Å². The van der Waals surface area contributed by atoms with Gasteiger partial charge in [-0.1, -0.05) is 76.9 Å². The van der Waals surface area contributed by atoms with E-state index in [0.717, 1.165) is 6.42 Å². The van der Waals surface area contributed by atoms with Gasteiger partial charge in [0.25, 0.3) is 0 Å². The molecular formula is C52H50Cl2Hf-4. The van der Waals surface area contributed by atoms with Gasteiger partial charge in [-0.15, -0.1) is 46.2 Å². The first-order valence-electron chi connectivity index (χ1n) is 18.6. The molecule has 0 atom stereocenters. The number of rotatable bonds is 4. The zero-order valence-electron chi connectivity index (χ0n) is 32.8. The van der Waals surface area contributed by atoms with E-state index < -0.39 is 21.9 Å². The molecule has 0 saturated heterocycles. The fourth-order valence-corrected chi connectivity index (χ4v) is 9.38. The second-order valence-corrected chi connectivity index (χ2v) is 19.0. The molecular weight excluding hydrogens is 874 g/mol. The molecule has 0 nitrogen and oxygen atoms in total. The van der Waals surface area contributed by atoms with Crippen LogP contribution in [0.2, 0.25) is 0 Å². The van der Waals surface area contributed by atoms with E-state index in [9.17, 15) is 0 Å². The monoisotopic (exact) mass is 924 g/mol. The van der Waals surface area contributed by atoms with Crippen molar-refractivity contribution < 1.29 is 46.8 Å². The van der Waals surface area contributed by atoms with E-state index in [4.69, 9.17) is 0 Å². The van der Waals surface area contributed by atoms with E-state index in [1.54, 1.807) is 0 Å². The Labute approximate surface area is 352 Å². The Kier molecular flexibility index (Phi) is 16.0. The number of hydrogen-bond acceptors (Lipinski definition) is 0. The molecule has 0 radical (unpaired) electrons. The van der Waals surface area contributed by atoms with E-state index in [1.807, 2.05) is 12.2 Å². The fraction of sp³-hybridized carbons (Fsp3) is 0.173. The number of benzene rings is 6. The molecule has 0 unspecified atom stereocenters. The van der Waals surface area contributed by atoms with E-state index >= 15 is 0 Å². The van der Waals surface area contributed by atoms with Crippen LogP contribution in [0.1, 0.15) is 70.2 Å². The quantitative estimate of drug-likeness (QED) is 0.125. The minimum absolute atomic E-state index is 0. The Balaban J connectivity index is 0.000000214. The van der Waals surface area contributed by atoms with Gasteiger partial charge in [-0.2, -0.15) is 6.08 Å². The molecule has 0 spiro atoms. The van der Waals surface area contributed by atoms with Gasteiger partial charge in [0.05, 0.1) is 0 Å². The smallest absolute Gasteiger partial charge is 1.00 e. The molecule has 0 aliphatic heterocycles. The summed E-state index contributed by atoms with van der Waals surface area (Å²) in [5, 5.41) is 5.49. The SMILES string of the molecule is CC(C)(C)c1ccc2[cH-]c3ccc(C(C)(C)C)cc3c2c1.[C-]1=CC=CC1.[CH](=[Hf]=[CH]c1ccc(-c2ccccc2)cc1)c1ccc(-c2ccccc2)cc1.[Cl-].[Cl-]. The van der Waals surface area contributed by atoms with Gasteiger partial charge in [0.1, 0.15) is 0 Å². The van der Waals surface area contributed by atoms with E-state index in [0.29, 0.717) is 0 Å². The minimum atomic E-state index is -0.910. The summed E-state index contributed by atoms with van der Waals surface area (Å²) >= 11 is -0.910. The molecule has 0 amide bonds. The Hall–Kier alpha value is -4.14. The molecule has 8 rings (SSSR count). The average molecular weight is 924 g/mol. The summed E-state index contributed by atoms with van der Waals surface area (Å²) in [7, 11) is 0. The van der Waals surface area contributed by atoms with Crippen LogP contribution in [0.3, 0.4) is 0 Å². The third kappa shape index (κ3) is 12.2. The molecule has 0 bridgehead atoms. The molecule has 55 heavy (non-hydrogen) atoms. The molecule has 0 fully saturated rings. The normalized spacial score (nSPS) is 11.6. The van der Waals surface area contributed by atoms with Crippen molar-refractivity contribution >= 4 is 29.1 Å². The largest absolute Gasteiger partial charge is 1.00 e. The Morgan fingerprint density at radius 1 is 0.509 bits per heavy atom. The van der Waals surface area contributed by atoms with Crippen LogP contribution < -0.4 is 24.8 Å². The van der Waals surface area contributed by atoms with Crippen LogP contribution >= 0.6 is 0 Å². The minimum Gasteiger partial charge on any atom is -1.00 e. The summed E-state index contributed by atoms with van der Waals surface area (Å²) in [5.74, 6) is 0. The van der Waals surface area contributed by atoms with Crippen LogP contribution in [0.5, 0.6) is 0 Å². The average Bonchev–Trinajstić information content (AvgIpc) is 3.88. The summed E-state index contributed by atoms with van der Waals surface area (Å²) in [5.41, 5.74) is 11.0. The van der Waals surface area contributed by atoms with Crippen molar-refractivity contribution in [2.45, 2.75) is 58.8 Å². The van der Waals surface area contributed by atoms with Crippen molar-refractivity contribution in [1.82, 2.24) is 0 Å². The van der Waals surface area contributed by atoms with E-state index in [-0.39, 0.29) is 35.6 Å². The second-order valence-electron chi connectivity index (χ2n) is 15.7. The summed E-state index contributed by atoms with van der Waals surface area (Å²) in [4.78, 5) is 0. The zero-order chi connectivity index (χ0) is 37.3. The third-order valence-corrected chi connectivity index (χ3v) is 13.2. The fourth-order valence-electron chi connectivity index (χ4n) is 6.31. The molecule has 1 aliphatic rings. The van der Waals surface area contributed by atoms with Crippen LogP contribution in [-0.2, 0) is 32.8 Å². The third-order valence-electron chi connectivity index (χ3n) is 9.56. The summed E-state index contributed by atoms with van der Waals surface area (Å²) in [6.45, 7) is 13.7. The maximum atomic E-state index is 2.99. The molecule has 7 aromatic rings. The second kappa shape index (κ2) is 20.1. The molecule has 0 heterocycles. The maximum Gasteiger partial charge on any atom is -1.00 e. The first-order valence-corrected chi connectivity index (χ1v) is 22.8. The van der Waals surface area contributed by atoms with Gasteiger partial charge in [0, 0.05) is 0 Å². The Morgan fingerprint density at radius 2 is 0.909 bits per heavy atom. The standard InChI is InChI=1S/C21H25.2C13H10.C5H5.2ClH.Hf/c1-20(2,3)16-9-7-14-11-15-8-10-17(21(4,5)6)13-19(15)18(14)12-16;2*1-11-7-9-13(10-8-11)12-5-3-2-4-6-12;1-2-4-5-3-1;;;/h7-13H,1-6H3;2*1-10H;1-3H,4H2;2*1H;/q-1;;;-1;;;/p-2. The summed E-state index contributed by atoms with van der Waals surface area (Å²) < 4.78 is 4.92.